The summed E-state index contributed by atoms with van der Waals surface area (Å²) in [5.41, 5.74) is 1.14. The van der Waals surface area contributed by atoms with Gasteiger partial charge in [-0.2, -0.15) is 0 Å². The summed E-state index contributed by atoms with van der Waals surface area (Å²) in [4.78, 5) is 0. The van der Waals surface area contributed by atoms with E-state index in [0.29, 0.717) is 25.4 Å². The highest BCUT2D eigenvalue weighted by molar-refractivity contribution is 7.91. The minimum Gasteiger partial charge on any atom is -0.377 e. The lowest BCUT2D eigenvalue weighted by molar-refractivity contribution is 0.122. The Balaban J connectivity index is 2.13. The quantitative estimate of drug-likeness (QED) is 0.758. The van der Waals surface area contributed by atoms with E-state index in [0.717, 1.165) is 5.56 Å². The minimum atomic E-state index is -2.35. The Kier molecular flexibility index (Phi) is 4.78. The van der Waals surface area contributed by atoms with E-state index in [9.17, 15) is 4.21 Å². The SMILES string of the molecule is CS(=N)(=O)CCCOCc1ccccc1. The normalized spacial score (nSPS) is 14.7. The first-order valence-electron chi connectivity index (χ1n) is 4.91. The number of ether oxygens (including phenoxy) is 1. The molecule has 0 amide bonds. The smallest absolute Gasteiger partial charge is 0.0716 e. The van der Waals surface area contributed by atoms with Crippen LogP contribution in [-0.2, 0) is 21.1 Å². The third-order valence-electron chi connectivity index (χ3n) is 1.93. The van der Waals surface area contributed by atoms with Gasteiger partial charge >= 0.3 is 0 Å². The fraction of sp³-hybridized carbons (Fsp3) is 0.455. The van der Waals surface area contributed by atoms with E-state index in [4.69, 9.17) is 9.52 Å². The van der Waals surface area contributed by atoms with Crippen molar-refractivity contribution in [2.45, 2.75) is 13.0 Å². The summed E-state index contributed by atoms with van der Waals surface area (Å²) in [6.45, 7) is 1.16. The first kappa shape index (κ1) is 12.2. The average molecular weight is 227 g/mol. The van der Waals surface area contributed by atoms with E-state index in [1.54, 1.807) is 0 Å². The predicted octanol–water partition coefficient (Wildman–Crippen LogP) is 2.27. The van der Waals surface area contributed by atoms with Crippen LogP contribution in [-0.4, -0.2) is 22.8 Å². The fourth-order valence-electron chi connectivity index (χ4n) is 1.20. The molecule has 0 aliphatic carbocycles. The maximum Gasteiger partial charge on any atom is 0.0716 e. The molecule has 4 heteroatoms. The second kappa shape index (κ2) is 5.88. The molecule has 0 bridgehead atoms. The van der Waals surface area contributed by atoms with Gasteiger partial charge in [0, 0.05) is 28.3 Å². The van der Waals surface area contributed by atoms with Gasteiger partial charge < -0.3 is 4.74 Å². The van der Waals surface area contributed by atoms with Crippen LogP contribution in [0.2, 0.25) is 0 Å². The lowest BCUT2D eigenvalue weighted by atomic mass is 10.2. The van der Waals surface area contributed by atoms with Crippen LogP contribution in [0.4, 0.5) is 0 Å². The highest BCUT2D eigenvalue weighted by Gasteiger charge is 1.97. The minimum absolute atomic E-state index is 0.418. The van der Waals surface area contributed by atoms with Gasteiger partial charge in [-0.3, -0.25) is 8.99 Å². The summed E-state index contributed by atoms with van der Waals surface area (Å²) in [7, 11) is -2.35. The number of hydrogen-bond acceptors (Lipinski definition) is 3. The second-order valence-electron chi connectivity index (χ2n) is 3.60. The van der Waals surface area contributed by atoms with Crippen molar-refractivity contribution in [1.29, 1.82) is 4.78 Å². The standard InChI is InChI=1S/C11H17NO2S/c1-15(12,13)9-5-8-14-10-11-6-3-2-4-7-11/h2-4,6-7,12H,5,8-10H2,1H3. The molecule has 1 atom stereocenters. The van der Waals surface area contributed by atoms with Crippen LogP contribution in [0.15, 0.2) is 30.3 Å². The second-order valence-corrected chi connectivity index (χ2v) is 6.02. The average Bonchev–Trinajstić information content (AvgIpc) is 2.17. The zero-order chi connectivity index (χ0) is 11.1. The van der Waals surface area contributed by atoms with Gasteiger partial charge in [0.2, 0.25) is 0 Å². The largest absolute Gasteiger partial charge is 0.377 e. The summed E-state index contributed by atoms with van der Waals surface area (Å²) in [6.07, 6.45) is 2.15. The van der Waals surface area contributed by atoms with Gasteiger partial charge in [0.15, 0.2) is 0 Å². The Morgan fingerprint density at radius 3 is 2.60 bits per heavy atom. The van der Waals surface area contributed by atoms with Crippen molar-refractivity contribution in [3.05, 3.63) is 35.9 Å². The van der Waals surface area contributed by atoms with Crippen LogP contribution in [0, 0.1) is 4.78 Å². The third-order valence-corrected chi connectivity index (χ3v) is 3.00. The van der Waals surface area contributed by atoms with E-state index in [1.807, 2.05) is 30.3 Å². The van der Waals surface area contributed by atoms with Crippen molar-refractivity contribution >= 4 is 9.73 Å². The summed E-state index contributed by atoms with van der Waals surface area (Å²) >= 11 is 0. The predicted molar refractivity (Wildman–Crippen MR) is 62.4 cm³/mol. The summed E-state index contributed by atoms with van der Waals surface area (Å²) in [5.74, 6) is 0.418. The summed E-state index contributed by atoms with van der Waals surface area (Å²) < 4.78 is 23.6. The van der Waals surface area contributed by atoms with Crippen LogP contribution in [0.1, 0.15) is 12.0 Å². The first-order chi connectivity index (χ1) is 7.08. The Labute approximate surface area is 91.4 Å². The van der Waals surface area contributed by atoms with Crippen molar-refractivity contribution in [2.75, 3.05) is 18.6 Å². The fourth-order valence-corrected chi connectivity index (χ4v) is 1.87. The van der Waals surface area contributed by atoms with E-state index < -0.39 is 9.73 Å². The molecule has 0 aromatic heterocycles. The van der Waals surface area contributed by atoms with Gasteiger partial charge in [-0.25, -0.2) is 0 Å². The van der Waals surface area contributed by atoms with Gasteiger partial charge in [-0.1, -0.05) is 30.3 Å². The Morgan fingerprint density at radius 2 is 2.00 bits per heavy atom. The topological polar surface area (TPSA) is 50.2 Å². The summed E-state index contributed by atoms with van der Waals surface area (Å²) in [5, 5.41) is 0. The molecule has 0 aliphatic rings. The molecular formula is C11H17NO2S. The molecule has 1 unspecified atom stereocenters. The Hall–Kier alpha value is -0.870. The van der Waals surface area contributed by atoms with Crippen molar-refractivity contribution in [2.24, 2.45) is 0 Å². The van der Waals surface area contributed by atoms with Crippen LogP contribution in [0.5, 0.6) is 0 Å². The Bertz CT molecular complexity index is 373. The molecule has 0 radical (unpaired) electrons. The van der Waals surface area contributed by atoms with Gasteiger partial charge in [0.1, 0.15) is 0 Å². The van der Waals surface area contributed by atoms with Crippen molar-refractivity contribution in [3.8, 4) is 0 Å². The van der Waals surface area contributed by atoms with Gasteiger partial charge in [0.05, 0.1) is 6.61 Å². The van der Waals surface area contributed by atoms with Crippen LogP contribution < -0.4 is 0 Å². The molecule has 1 N–H and O–H groups in total. The maximum atomic E-state index is 11.0. The molecule has 1 rings (SSSR count). The Morgan fingerprint density at radius 1 is 1.33 bits per heavy atom. The number of nitrogens with one attached hydrogen (secondary N) is 1. The van der Waals surface area contributed by atoms with Gasteiger partial charge in [-0.05, 0) is 12.0 Å². The first-order valence-corrected chi connectivity index (χ1v) is 7.04. The monoisotopic (exact) mass is 227 g/mol. The zero-order valence-corrected chi connectivity index (χ0v) is 9.76. The molecule has 1 aromatic rings. The van der Waals surface area contributed by atoms with E-state index in [-0.39, 0.29) is 0 Å². The molecule has 15 heavy (non-hydrogen) atoms. The van der Waals surface area contributed by atoms with Crippen molar-refractivity contribution in [3.63, 3.8) is 0 Å². The van der Waals surface area contributed by atoms with E-state index >= 15 is 0 Å². The van der Waals surface area contributed by atoms with Gasteiger partial charge in [-0.15, -0.1) is 0 Å². The molecule has 84 valence electrons. The highest BCUT2D eigenvalue weighted by Crippen LogP contribution is 2.01. The van der Waals surface area contributed by atoms with E-state index in [2.05, 4.69) is 0 Å². The third kappa shape index (κ3) is 6.25. The lowest BCUT2D eigenvalue weighted by Gasteiger charge is -2.04. The molecule has 0 saturated carbocycles. The highest BCUT2D eigenvalue weighted by atomic mass is 32.2. The lowest BCUT2D eigenvalue weighted by Crippen LogP contribution is -2.05. The number of benzene rings is 1. The molecule has 3 nitrogen and oxygen atoms in total. The van der Waals surface area contributed by atoms with Crippen molar-refractivity contribution < 1.29 is 8.95 Å². The number of rotatable bonds is 6. The molecule has 0 spiro atoms. The zero-order valence-electron chi connectivity index (χ0n) is 8.94. The molecule has 0 heterocycles. The van der Waals surface area contributed by atoms with Crippen LogP contribution in [0.25, 0.3) is 0 Å². The molecule has 0 aliphatic heterocycles. The molecule has 0 saturated heterocycles. The van der Waals surface area contributed by atoms with Crippen molar-refractivity contribution in [1.82, 2.24) is 0 Å². The van der Waals surface area contributed by atoms with Crippen LogP contribution >= 0.6 is 0 Å². The molecular weight excluding hydrogens is 210 g/mol. The maximum absolute atomic E-state index is 11.0. The molecule has 0 fully saturated rings. The van der Waals surface area contributed by atoms with E-state index in [1.165, 1.54) is 6.26 Å². The molecule has 1 aromatic carbocycles. The van der Waals surface area contributed by atoms with Gasteiger partial charge in [0.25, 0.3) is 0 Å². The number of hydrogen-bond donors (Lipinski definition) is 1. The van der Waals surface area contributed by atoms with Crippen LogP contribution in [0.3, 0.4) is 0 Å². The summed E-state index contributed by atoms with van der Waals surface area (Å²) in [6, 6.07) is 9.93.